The van der Waals surface area contributed by atoms with Crippen LogP contribution >= 0.6 is 0 Å². The van der Waals surface area contributed by atoms with Gasteiger partial charge in [0, 0.05) is 29.2 Å². The highest BCUT2D eigenvalue weighted by molar-refractivity contribution is 6.07. The molecule has 4 aromatic rings. The lowest BCUT2D eigenvalue weighted by molar-refractivity contribution is -0.140. The van der Waals surface area contributed by atoms with Gasteiger partial charge in [0.05, 0.1) is 18.1 Å². The van der Waals surface area contributed by atoms with Crippen molar-refractivity contribution in [2.24, 2.45) is 28.8 Å². The minimum absolute atomic E-state index is 0.150. The van der Waals surface area contributed by atoms with Gasteiger partial charge in [-0.25, -0.2) is 0 Å². The van der Waals surface area contributed by atoms with E-state index in [1.807, 2.05) is 12.1 Å². The summed E-state index contributed by atoms with van der Waals surface area (Å²) in [4.78, 5) is 26.0. The summed E-state index contributed by atoms with van der Waals surface area (Å²) in [5.41, 5.74) is 3.23. The van der Waals surface area contributed by atoms with E-state index < -0.39 is 0 Å². The Hall–Kier alpha value is -3.99. The molecule has 4 atom stereocenters. The number of hydrogen-bond donors (Lipinski definition) is 0. The molecule has 2 bridgehead atoms. The SMILES string of the molecule is O=C1[C@@H]2[C@H](C(=O)N1/N=C\c1cn(Cc3cccc4ccccc34)c3ccccc13)[C@H]1C=C[C@H]2C1. The molecule has 34 heavy (non-hydrogen) atoms. The average Bonchev–Trinajstić information content (AvgIpc) is 3.62. The van der Waals surface area contributed by atoms with Crippen molar-refractivity contribution in [3.05, 3.63) is 96.2 Å². The number of imide groups is 1. The average molecular weight is 446 g/mol. The van der Waals surface area contributed by atoms with E-state index in [1.165, 1.54) is 16.3 Å². The van der Waals surface area contributed by atoms with Gasteiger partial charge in [-0.05, 0) is 40.7 Å². The molecule has 2 amide bonds. The molecule has 1 saturated carbocycles. The molecule has 5 nitrogen and oxygen atoms in total. The van der Waals surface area contributed by atoms with Gasteiger partial charge < -0.3 is 4.57 Å². The van der Waals surface area contributed by atoms with Crippen LogP contribution in [0, 0.1) is 23.7 Å². The predicted octanol–water partition coefficient (Wildman–Crippen LogP) is 4.98. The third-order valence-electron chi connectivity index (χ3n) is 7.80. The molecule has 3 aromatic carbocycles. The summed E-state index contributed by atoms with van der Waals surface area (Å²) in [6.45, 7) is 0.719. The molecule has 5 heteroatoms. The number of fused-ring (bicyclic) bond motifs is 7. The molecule has 7 rings (SSSR count). The maximum absolute atomic E-state index is 13.0. The van der Waals surface area contributed by atoms with E-state index in [4.69, 9.17) is 0 Å². The maximum atomic E-state index is 13.0. The van der Waals surface area contributed by atoms with Gasteiger partial charge >= 0.3 is 0 Å². The minimum atomic E-state index is -0.229. The predicted molar refractivity (Wildman–Crippen MR) is 132 cm³/mol. The molecule has 0 spiro atoms. The molecule has 2 fully saturated rings. The van der Waals surface area contributed by atoms with E-state index in [0.29, 0.717) is 0 Å². The summed E-state index contributed by atoms with van der Waals surface area (Å²) in [5.74, 6) is -0.381. The quantitative estimate of drug-likeness (QED) is 0.253. The van der Waals surface area contributed by atoms with Gasteiger partial charge in [0.25, 0.3) is 11.8 Å². The summed E-state index contributed by atoms with van der Waals surface area (Å²) in [5, 5.41) is 9.05. The summed E-state index contributed by atoms with van der Waals surface area (Å²) in [7, 11) is 0. The van der Waals surface area contributed by atoms with Crippen LogP contribution in [0.3, 0.4) is 0 Å². The number of nitrogens with zero attached hydrogens (tertiary/aromatic N) is 3. The molecule has 2 aliphatic carbocycles. The highest BCUT2D eigenvalue weighted by atomic mass is 16.2. The first-order valence-electron chi connectivity index (χ1n) is 11.8. The fourth-order valence-electron chi connectivity index (χ4n) is 6.24. The molecule has 166 valence electrons. The first-order chi connectivity index (χ1) is 16.7. The van der Waals surface area contributed by atoms with E-state index in [-0.39, 0.29) is 35.5 Å². The lowest BCUT2D eigenvalue weighted by Crippen LogP contribution is -2.28. The second kappa shape index (κ2) is 7.26. The third-order valence-corrected chi connectivity index (χ3v) is 7.80. The van der Waals surface area contributed by atoms with Crippen LogP contribution in [0.25, 0.3) is 21.7 Å². The second-order valence-electron chi connectivity index (χ2n) is 9.60. The van der Waals surface area contributed by atoms with Gasteiger partial charge in [0.1, 0.15) is 0 Å². The normalized spacial score (nSPS) is 25.5. The topological polar surface area (TPSA) is 54.7 Å². The van der Waals surface area contributed by atoms with Crippen molar-refractivity contribution in [2.45, 2.75) is 13.0 Å². The van der Waals surface area contributed by atoms with Crippen molar-refractivity contribution in [1.82, 2.24) is 9.58 Å². The van der Waals surface area contributed by atoms with Crippen LogP contribution in [-0.4, -0.2) is 27.6 Å². The standard InChI is InChI=1S/C29H23N3O2/c33-28-26-19-12-13-20(14-19)27(26)29(34)32(28)30-15-22-17-31(25-11-4-3-10-24(22)25)16-21-8-5-7-18-6-1-2-9-23(18)21/h1-13,15,17,19-20,26-27H,14,16H2/b30-15-/t19-,20-,26-,27+/m0/s1. The zero-order valence-corrected chi connectivity index (χ0v) is 18.5. The molecule has 3 aliphatic rings. The minimum Gasteiger partial charge on any atom is -0.342 e. The highest BCUT2D eigenvalue weighted by Crippen LogP contribution is 2.52. The van der Waals surface area contributed by atoms with E-state index in [1.54, 1.807) is 6.21 Å². The fourth-order valence-corrected chi connectivity index (χ4v) is 6.24. The van der Waals surface area contributed by atoms with Crippen LogP contribution in [0.4, 0.5) is 0 Å². The number of benzene rings is 3. The molecule has 1 aliphatic heterocycles. The van der Waals surface area contributed by atoms with Crippen molar-refractivity contribution in [3.8, 4) is 0 Å². The van der Waals surface area contributed by atoms with Crippen LogP contribution in [0.5, 0.6) is 0 Å². The van der Waals surface area contributed by atoms with E-state index in [2.05, 4.69) is 82.6 Å². The monoisotopic (exact) mass is 445 g/mol. The molecule has 0 radical (unpaired) electrons. The van der Waals surface area contributed by atoms with Gasteiger partial charge in [-0.3, -0.25) is 9.59 Å². The Morgan fingerprint density at radius 1 is 0.824 bits per heavy atom. The Balaban J connectivity index is 1.24. The Morgan fingerprint density at radius 2 is 1.50 bits per heavy atom. The van der Waals surface area contributed by atoms with Crippen molar-refractivity contribution in [2.75, 3.05) is 0 Å². The highest BCUT2D eigenvalue weighted by Gasteiger charge is 2.59. The van der Waals surface area contributed by atoms with Crippen LogP contribution in [0.2, 0.25) is 0 Å². The summed E-state index contributed by atoms with van der Waals surface area (Å²) >= 11 is 0. The molecule has 1 saturated heterocycles. The van der Waals surface area contributed by atoms with Crippen molar-refractivity contribution < 1.29 is 9.59 Å². The zero-order chi connectivity index (χ0) is 22.8. The van der Waals surface area contributed by atoms with E-state index >= 15 is 0 Å². The first-order valence-corrected chi connectivity index (χ1v) is 11.8. The number of rotatable bonds is 4. The van der Waals surface area contributed by atoms with Crippen LogP contribution in [0.15, 0.2) is 90.2 Å². The molecule has 0 N–H and O–H groups in total. The summed E-state index contributed by atoms with van der Waals surface area (Å²) in [6, 6.07) is 23.0. The summed E-state index contributed by atoms with van der Waals surface area (Å²) in [6.07, 6.45) is 8.86. The first kappa shape index (κ1) is 19.5. The van der Waals surface area contributed by atoms with Gasteiger partial charge in [-0.15, -0.1) is 0 Å². The Kier molecular flexibility index (Phi) is 4.16. The Labute approximate surface area is 197 Å². The molecule has 2 heterocycles. The smallest absolute Gasteiger partial charge is 0.254 e. The molecule has 0 unspecified atom stereocenters. The van der Waals surface area contributed by atoms with Crippen molar-refractivity contribution in [1.29, 1.82) is 0 Å². The number of carbonyl (C=O) groups is 2. The Morgan fingerprint density at radius 3 is 2.29 bits per heavy atom. The largest absolute Gasteiger partial charge is 0.342 e. The van der Waals surface area contributed by atoms with Crippen LogP contribution in [0.1, 0.15) is 17.5 Å². The second-order valence-corrected chi connectivity index (χ2v) is 9.60. The molecular weight excluding hydrogens is 422 g/mol. The number of amides is 2. The van der Waals surface area contributed by atoms with Gasteiger partial charge in [0.2, 0.25) is 0 Å². The number of para-hydroxylation sites is 1. The number of carbonyl (C=O) groups excluding carboxylic acids is 2. The van der Waals surface area contributed by atoms with Gasteiger partial charge in [-0.1, -0.05) is 72.8 Å². The Bertz CT molecular complexity index is 1510. The lowest BCUT2D eigenvalue weighted by Gasteiger charge is -2.13. The fraction of sp³-hybridized carbons (Fsp3) is 0.207. The maximum Gasteiger partial charge on any atom is 0.254 e. The van der Waals surface area contributed by atoms with Crippen molar-refractivity contribution in [3.63, 3.8) is 0 Å². The third kappa shape index (κ3) is 2.76. The number of hydrazone groups is 1. The van der Waals surface area contributed by atoms with Gasteiger partial charge in [0.15, 0.2) is 0 Å². The number of hydrogen-bond acceptors (Lipinski definition) is 3. The molecular formula is C29H23N3O2. The molecule has 1 aromatic heterocycles. The number of aromatic nitrogens is 1. The van der Waals surface area contributed by atoms with Crippen LogP contribution in [-0.2, 0) is 16.1 Å². The van der Waals surface area contributed by atoms with Crippen molar-refractivity contribution >= 4 is 39.7 Å². The number of allylic oxidation sites excluding steroid dienone is 2. The lowest BCUT2D eigenvalue weighted by atomic mass is 9.85. The van der Waals surface area contributed by atoms with E-state index in [0.717, 1.165) is 34.4 Å². The van der Waals surface area contributed by atoms with E-state index in [9.17, 15) is 9.59 Å². The zero-order valence-electron chi connectivity index (χ0n) is 18.5. The van der Waals surface area contributed by atoms with Crippen LogP contribution < -0.4 is 0 Å². The summed E-state index contributed by atoms with van der Waals surface area (Å²) < 4.78 is 2.21. The van der Waals surface area contributed by atoms with Gasteiger partial charge in [-0.2, -0.15) is 10.1 Å².